The van der Waals surface area contributed by atoms with Gasteiger partial charge in [0.1, 0.15) is 0 Å². The Morgan fingerprint density at radius 3 is 2.70 bits per heavy atom. The maximum Gasteiger partial charge on any atom is 0.259 e. The lowest BCUT2D eigenvalue weighted by Gasteiger charge is -1.87. The molecule has 0 bridgehead atoms. The zero-order valence-corrected chi connectivity index (χ0v) is 6.29. The molecule has 0 aromatic carbocycles. The number of aliphatic imine (C=N–C) groups is 1. The molecule has 0 rings (SSSR count). The van der Waals surface area contributed by atoms with Crippen LogP contribution in [0.2, 0.25) is 0 Å². The molecular formula is C7H12N2O. The van der Waals surface area contributed by atoms with E-state index in [-0.39, 0.29) is 0 Å². The maximum atomic E-state index is 10.2. The van der Waals surface area contributed by atoms with Crippen LogP contribution in [0.3, 0.4) is 0 Å². The molecular weight excluding hydrogens is 128 g/mol. The van der Waals surface area contributed by atoms with Crippen LogP contribution in [0.5, 0.6) is 0 Å². The SMILES string of the molecule is CC/C=C(/C)N=CC(N)=O. The van der Waals surface area contributed by atoms with Gasteiger partial charge in [-0.15, -0.1) is 0 Å². The molecule has 0 saturated carbocycles. The molecule has 3 heteroatoms. The molecule has 0 unspecified atom stereocenters. The van der Waals surface area contributed by atoms with Gasteiger partial charge in [0.2, 0.25) is 0 Å². The summed E-state index contributed by atoms with van der Waals surface area (Å²) in [6, 6.07) is 0. The number of amides is 1. The van der Waals surface area contributed by atoms with Crippen molar-refractivity contribution in [3.8, 4) is 0 Å². The molecule has 0 aliphatic carbocycles. The highest BCUT2D eigenvalue weighted by Gasteiger charge is 1.83. The highest BCUT2D eigenvalue weighted by Crippen LogP contribution is 1.94. The molecule has 0 aromatic heterocycles. The summed E-state index contributed by atoms with van der Waals surface area (Å²) in [6.45, 7) is 3.83. The molecule has 0 fully saturated rings. The summed E-state index contributed by atoms with van der Waals surface area (Å²) in [5, 5.41) is 0. The number of rotatable bonds is 3. The largest absolute Gasteiger partial charge is 0.365 e. The summed E-state index contributed by atoms with van der Waals surface area (Å²) in [6.07, 6.45) is 3.95. The second-order valence-electron chi connectivity index (χ2n) is 1.91. The lowest BCUT2D eigenvalue weighted by Crippen LogP contribution is -2.11. The van der Waals surface area contributed by atoms with Crippen molar-refractivity contribution >= 4 is 12.1 Å². The predicted molar refractivity (Wildman–Crippen MR) is 41.7 cm³/mol. The van der Waals surface area contributed by atoms with Gasteiger partial charge in [-0.25, -0.2) is 0 Å². The van der Waals surface area contributed by atoms with E-state index in [0.717, 1.165) is 18.3 Å². The van der Waals surface area contributed by atoms with E-state index in [9.17, 15) is 4.79 Å². The summed E-state index contributed by atoms with van der Waals surface area (Å²) in [5.74, 6) is -0.510. The van der Waals surface area contributed by atoms with E-state index in [2.05, 4.69) is 4.99 Å². The summed E-state index contributed by atoms with van der Waals surface area (Å²) in [5.41, 5.74) is 5.64. The lowest BCUT2D eigenvalue weighted by molar-refractivity contribution is -0.111. The first kappa shape index (κ1) is 8.88. The zero-order valence-electron chi connectivity index (χ0n) is 6.29. The minimum absolute atomic E-state index is 0.510. The quantitative estimate of drug-likeness (QED) is 0.580. The molecule has 0 spiro atoms. The van der Waals surface area contributed by atoms with Gasteiger partial charge in [0.15, 0.2) is 0 Å². The van der Waals surface area contributed by atoms with Crippen LogP contribution in [0.25, 0.3) is 0 Å². The third-order valence-corrected chi connectivity index (χ3v) is 0.895. The Bertz CT molecular complexity index is 170. The first-order valence-corrected chi connectivity index (χ1v) is 3.17. The van der Waals surface area contributed by atoms with E-state index in [0.29, 0.717) is 0 Å². The Balaban J connectivity index is 3.89. The van der Waals surface area contributed by atoms with Crippen LogP contribution in [-0.2, 0) is 4.79 Å². The molecule has 3 nitrogen and oxygen atoms in total. The number of nitrogens with zero attached hydrogens (tertiary/aromatic N) is 1. The van der Waals surface area contributed by atoms with Crippen LogP contribution in [0, 0.1) is 0 Å². The van der Waals surface area contributed by atoms with Gasteiger partial charge < -0.3 is 5.73 Å². The third kappa shape index (κ3) is 5.03. The number of carbonyl (C=O) groups is 1. The summed E-state index contributed by atoms with van der Waals surface area (Å²) >= 11 is 0. The first-order chi connectivity index (χ1) is 4.66. The van der Waals surface area contributed by atoms with Gasteiger partial charge in [-0.05, 0) is 13.3 Å². The Labute approximate surface area is 60.6 Å². The van der Waals surface area contributed by atoms with E-state index < -0.39 is 5.91 Å². The smallest absolute Gasteiger partial charge is 0.259 e. The number of carbonyl (C=O) groups excluding carboxylic acids is 1. The summed E-state index contributed by atoms with van der Waals surface area (Å²) < 4.78 is 0. The minimum Gasteiger partial charge on any atom is -0.365 e. The third-order valence-electron chi connectivity index (χ3n) is 0.895. The van der Waals surface area contributed by atoms with Crippen molar-refractivity contribution in [2.45, 2.75) is 20.3 Å². The van der Waals surface area contributed by atoms with E-state index >= 15 is 0 Å². The zero-order chi connectivity index (χ0) is 7.98. The fourth-order valence-electron chi connectivity index (χ4n) is 0.514. The average molecular weight is 140 g/mol. The molecule has 0 radical (unpaired) electrons. The van der Waals surface area contributed by atoms with Crippen molar-refractivity contribution in [2.75, 3.05) is 0 Å². The fourth-order valence-corrected chi connectivity index (χ4v) is 0.514. The number of primary amides is 1. The van der Waals surface area contributed by atoms with Crippen molar-refractivity contribution in [2.24, 2.45) is 10.7 Å². The lowest BCUT2D eigenvalue weighted by atomic mass is 10.4. The van der Waals surface area contributed by atoms with Crippen molar-refractivity contribution in [1.82, 2.24) is 0 Å². The van der Waals surface area contributed by atoms with Crippen molar-refractivity contribution in [3.05, 3.63) is 11.8 Å². The average Bonchev–Trinajstić information content (AvgIpc) is 1.85. The molecule has 0 aliphatic heterocycles. The van der Waals surface area contributed by atoms with Crippen molar-refractivity contribution in [3.63, 3.8) is 0 Å². The molecule has 0 aromatic rings. The standard InChI is InChI=1S/C7H12N2O/c1-3-4-6(2)9-5-7(8)10/h4-5H,3H2,1-2H3,(H2,8,10)/b6-4-,9-5?. The summed E-state index contributed by atoms with van der Waals surface area (Å²) in [4.78, 5) is 13.9. The first-order valence-electron chi connectivity index (χ1n) is 3.17. The van der Waals surface area contributed by atoms with Crippen LogP contribution in [0.15, 0.2) is 16.8 Å². The molecule has 0 heterocycles. The number of hydrogen-bond acceptors (Lipinski definition) is 2. The van der Waals surface area contributed by atoms with Gasteiger partial charge in [-0.2, -0.15) is 0 Å². The van der Waals surface area contributed by atoms with Crippen LogP contribution in [-0.4, -0.2) is 12.1 Å². The van der Waals surface area contributed by atoms with Gasteiger partial charge in [-0.1, -0.05) is 13.0 Å². The number of hydrogen-bond donors (Lipinski definition) is 1. The van der Waals surface area contributed by atoms with E-state index in [1.807, 2.05) is 19.9 Å². The number of allylic oxidation sites excluding steroid dienone is 2. The molecule has 0 atom stereocenters. The van der Waals surface area contributed by atoms with Crippen LogP contribution in [0.1, 0.15) is 20.3 Å². The molecule has 1 amide bonds. The Kier molecular flexibility index (Phi) is 4.20. The van der Waals surface area contributed by atoms with E-state index in [1.165, 1.54) is 0 Å². The highest BCUT2D eigenvalue weighted by molar-refractivity contribution is 6.25. The second-order valence-corrected chi connectivity index (χ2v) is 1.91. The van der Waals surface area contributed by atoms with Gasteiger partial charge in [0, 0.05) is 5.70 Å². The van der Waals surface area contributed by atoms with Gasteiger partial charge in [-0.3, -0.25) is 9.79 Å². The fraction of sp³-hybridized carbons (Fsp3) is 0.429. The molecule has 56 valence electrons. The Hall–Kier alpha value is -1.12. The summed E-state index contributed by atoms with van der Waals surface area (Å²) in [7, 11) is 0. The highest BCUT2D eigenvalue weighted by atomic mass is 16.1. The molecule has 2 N–H and O–H groups in total. The minimum atomic E-state index is -0.510. The molecule has 10 heavy (non-hydrogen) atoms. The monoisotopic (exact) mass is 140 g/mol. The van der Waals surface area contributed by atoms with Crippen LogP contribution >= 0.6 is 0 Å². The van der Waals surface area contributed by atoms with Gasteiger partial charge >= 0.3 is 0 Å². The predicted octanol–water partition coefficient (Wildman–Crippen LogP) is 0.856. The van der Waals surface area contributed by atoms with E-state index in [1.54, 1.807) is 0 Å². The van der Waals surface area contributed by atoms with Gasteiger partial charge in [0.05, 0.1) is 6.21 Å². The second kappa shape index (κ2) is 4.73. The van der Waals surface area contributed by atoms with E-state index in [4.69, 9.17) is 5.73 Å². The topological polar surface area (TPSA) is 55.4 Å². The van der Waals surface area contributed by atoms with Gasteiger partial charge in [0.25, 0.3) is 5.91 Å². The Morgan fingerprint density at radius 1 is 1.70 bits per heavy atom. The van der Waals surface area contributed by atoms with Crippen molar-refractivity contribution < 1.29 is 4.79 Å². The molecule has 0 saturated heterocycles. The maximum absolute atomic E-state index is 10.2. The van der Waals surface area contributed by atoms with Crippen molar-refractivity contribution in [1.29, 1.82) is 0 Å². The van der Waals surface area contributed by atoms with Crippen LogP contribution in [0.4, 0.5) is 0 Å². The Morgan fingerprint density at radius 2 is 2.30 bits per heavy atom. The number of nitrogens with two attached hydrogens (primary N) is 1. The van der Waals surface area contributed by atoms with Crippen LogP contribution < -0.4 is 5.73 Å². The molecule has 0 aliphatic rings. The normalized spacial score (nSPS) is 12.4.